The summed E-state index contributed by atoms with van der Waals surface area (Å²) in [6.07, 6.45) is 1.68. The van der Waals surface area contributed by atoms with Gasteiger partial charge in [0.1, 0.15) is 17.4 Å². The van der Waals surface area contributed by atoms with Crippen molar-refractivity contribution in [2.24, 2.45) is 0 Å². The van der Waals surface area contributed by atoms with E-state index in [9.17, 15) is 5.11 Å². The second-order valence-electron chi connectivity index (χ2n) is 6.31. The molecular weight excluding hydrogens is 300 g/mol. The van der Waals surface area contributed by atoms with Crippen LogP contribution in [0, 0.1) is 11.3 Å². The molecule has 2 unspecified atom stereocenters. The summed E-state index contributed by atoms with van der Waals surface area (Å²) in [5, 5.41) is 22.9. The van der Waals surface area contributed by atoms with Crippen molar-refractivity contribution < 1.29 is 9.84 Å². The van der Waals surface area contributed by atoms with Crippen LogP contribution in [0.1, 0.15) is 36.1 Å². The Morgan fingerprint density at radius 3 is 2.75 bits per heavy atom. The van der Waals surface area contributed by atoms with Gasteiger partial charge >= 0.3 is 0 Å². The molecule has 2 N–H and O–H groups in total. The van der Waals surface area contributed by atoms with Gasteiger partial charge in [-0.05, 0) is 48.6 Å². The molecular formula is C20H22N2O2. The Morgan fingerprint density at radius 2 is 2.00 bits per heavy atom. The molecule has 0 aromatic heterocycles. The van der Waals surface area contributed by atoms with E-state index in [2.05, 4.69) is 18.3 Å². The van der Waals surface area contributed by atoms with Crippen LogP contribution in [0.5, 0.6) is 5.75 Å². The quantitative estimate of drug-likeness (QED) is 0.858. The van der Waals surface area contributed by atoms with Crippen molar-refractivity contribution in [1.82, 2.24) is 5.32 Å². The summed E-state index contributed by atoms with van der Waals surface area (Å²) in [6, 6.07) is 17.9. The average Bonchev–Trinajstić information content (AvgIpc) is 2.96. The molecule has 2 atom stereocenters. The molecule has 1 aliphatic carbocycles. The van der Waals surface area contributed by atoms with Crippen LogP contribution in [0.2, 0.25) is 0 Å². The first-order valence-corrected chi connectivity index (χ1v) is 8.26. The zero-order valence-electron chi connectivity index (χ0n) is 13.8. The minimum atomic E-state index is -0.791. The fourth-order valence-electron chi connectivity index (χ4n) is 3.26. The van der Waals surface area contributed by atoms with Gasteiger partial charge in [-0.25, -0.2) is 0 Å². The molecule has 1 aliphatic rings. The molecule has 4 nitrogen and oxygen atoms in total. The molecule has 2 aromatic carbocycles. The van der Waals surface area contributed by atoms with E-state index >= 15 is 0 Å². The van der Waals surface area contributed by atoms with E-state index in [0.717, 1.165) is 24.0 Å². The van der Waals surface area contributed by atoms with Gasteiger partial charge in [0.15, 0.2) is 6.61 Å². The maximum atomic E-state index is 11.0. The van der Waals surface area contributed by atoms with Gasteiger partial charge in [-0.15, -0.1) is 0 Å². The minimum Gasteiger partial charge on any atom is -0.479 e. The topological polar surface area (TPSA) is 65.3 Å². The van der Waals surface area contributed by atoms with Crippen molar-refractivity contribution in [3.05, 3.63) is 65.2 Å². The van der Waals surface area contributed by atoms with Crippen molar-refractivity contribution in [2.45, 2.75) is 31.4 Å². The number of hydrogen-bond acceptors (Lipinski definition) is 4. The highest BCUT2D eigenvalue weighted by Gasteiger charge is 2.36. The van der Waals surface area contributed by atoms with Crippen molar-refractivity contribution in [3.63, 3.8) is 0 Å². The Bertz CT molecular complexity index is 736. The Hall–Kier alpha value is -2.35. The summed E-state index contributed by atoms with van der Waals surface area (Å²) in [6.45, 7) is 2.66. The van der Waals surface area contributed by atoms with Gasteiger partial charge in [0.2, 0.25) is 0 Å². The van der Waals surface area contributed by atoms with Gasteiger partial charge in [0, 0.05) is 12.6 Å². The number of nitrogens with zero attached hydrogens (tertiary/aromatic N) is 1. The van der Waals surface area contributed by atoms with Crippen LogP contribution >= 0.6 is 0 Å². The number of hydrogen-bond donors (Lipinski definition) is 2. The van der Waals surface area contributed by atoms with E-state index < -0.39 is 5.60 Å². The van der Waals surface area contributed by atoms with Crippen LogP contribution in [0.25, 0.3) is 0 Å². The van der Waals surface area contributed by atoms with E-state index in [-0.39, 0.29) is 12.6 Å². The predicted octanol–water partition coefficient (Wildman–Crippen LogP) is 3.07. The molecule has 0 spiro atoms. The van der Waals surface area contributed by atoms with Crippen LogP contribution in [0.4, 0.5) is 0 Å². The molecule has 0 fully saturated rings. The van der Waals surface area contributed by atoms with E-state index in [0.29, 0.717) is 12.3 Å². The van der Waals surface area contributed by atoms with E-state index in [1.165, 1.54) is 5.56 Å². The number of nitriles is 1. The van der Waals surface area contributed by atoms with Crippen LogP contribution in [0.3, 0.4) is 0 Å². The van der Waals surface area contributed by atoms with Gasteiger partial charge < -0.3 is 15.2 Å². The summed E-state index contributed by atoms with van der Waals surface area (Å²) in [4.78, 5) is 0. The molecule has 0 saturated heterocycles. The maximum Gasteiger partial charge on any atom is 0.174 e. The lowest BCUT2D eigenvalue weighted by Crippen LogP contribution is -2.37. The molecule has 2 aromatic rings. The molecule has 124 valence electrons. The molecule has 0 amide bonds. The van der Waals surface area contributed by atoms with E-state index in [4.69, 9.17) is 10.00 Å². The first-order chi connectivity index (χ1) is 11.6. The first kappa shape index (κ1) is 16.5. The lowest BCUT2D eigenvalue weighted by molar-refractivity contribution is 0.0363. The monoisotopic (exact) mass is 322 g/mol. The fraction of sp³-hybridized carbons (Fsp3) is 0.350. The molecule has 0 heterocycles. The van der Waals surface area contributed by atoms with Gasteiger partial charge in [0.25, 0.3) is 0 Å². The smallest absolute Gasteiger partial charge is 0.174 e. The Labute approximate surface area is 142 Å². The number of aryl methyl sites for hydroxylation is 1. The number of nitrogens with one attached hydrogen (secondary N) is 1. The minimum absolute atomic E-state index is 0.0552. The lowest BCUT2D eigenvalue weighted by Gasteiger charge is -2.27. The molecule has 0 radical (unpaired) electrons. The highest BCUT2D eigenvalue weighted by molar-refractivity contribution is 5.37. The van der Waals surface area contributed by atoms with Gasteiger partial charge in [-0.2, -0.15) is 5.26 Å². The predicted molar refractivity (Wildman–Crippen MR) is 92.6 cm³/mol. The van der Waals surface area contributed by atoms with Crippen LogP contribution in [0.15, 0.2) is 48.5 Å². The maximum absolute atomic E-state index is 11.0. The Kier molecular flexibility index (Phi) is 4.84. The largest absolute Gasteiger partial charge is 0.479 e. The first-order valence-electron chi connectivity index (χ1n) is 8.26. The SMILES string of the molecule is CC(NCC1(O)CCc2ccccc21)c1ccc(OCC#N)cc1. The molecule has 24 heavy (non-hydrogen) atoms. The van der Waals surface area contributed by atoms with Crippen LogP contribution in [-0.2, 0) is 12.0 Å². The van der Waals surface area contributed by atoms with E-state index in [1.54, 1.807) is 0 Å². The zero-order chi connectivity index (χ0) is 17.0. The third-order valence-corrected chi connectivity index (χ3v) is 4.71. The highest BCUT2D eigenvalue weighted by Crippen LogP contribution is 2.36. The summed E-state index contributed by atoms with van der Waals surface area (Å²) >= 11 is 0. The summed E-state index contributed by atoms with van der Waals surface area (Å²) in [5.41, 5.74) is 2.62. The Morgan fingerprint density at radius 1 is 1.25 bits per heavy atom. The number of aliphatic hydroxyl groups is 1. The van der Waals surface area contributed by atoms with Gasteiger partial charge in [0.05, 0.1) is 0 Å². The van der Waals surface area contributed by atoms with Crippen molar-refractivity contribution in [2.75, 3.05) is 13.2 Å². The third-order valence-electron chi connectivity index (χ3n) is 4.71. The van der Waals surface area contributed by atoms with Crippen LogP contribution in [-0.4, -0.2) is 18.3 Å². The zero-order valence-corrected chi connectivity index (χ0v) is 13.8. The molecule has 0 bridgehead atoms. The summed E-state index contributed by atoms with van der Waals surface area (Å²) in [7, 11) is 0. The number of rotatable bonds is 6. The molecule has 4 heteroatoms. The third kappa shape index (κ3) is 3.43. The van der Waals surface area contributed by atoms with Crippen LogP contribution < -0.4 is 10.1 Å². The van der Waals surface area contributed by atoms with Gasteiger partial charge in [-0.3, -0.25) is 0 Å². The van der Waals surface area contributed by atoms with E-state index in [1.807, 2.05) is 48.5 Å². The standard InChI is InChI=1S/C20H22N2O2/c1-15(16-6-8-18(9-7-16)24-13-12-21)22-14-20(23)11-10-17-4-2-3-5-19(17)20/h2-9,15,22-23H,10-11,13-14H2,1H3. The molecule has 0 aliphatic heterocycles. The number of benzene rings is 2. The van der Waals surface area contributed by atoms with Gasteiger partial charge in [-0.1, -0.05) is 36.4 Å². The Balaban J connectivity index is 1.62. The molecule has 0 saturated carbocycles. The molecule has 3 rings (SSSR count). The highest BCUT2D eigenvalue weighted by atomic mass is 16.5. The summed E-state index contributed by atoms with van der Waals surface area (Å²) in [5.74, 6) is 0.691. The average molecular weight is 322 g/mol. The van der Waals surface area contributed by atoms with Crippen molar-refractivity contribution >= 4 is 0 Å². The second-order valence-corrected chi connectivity index (χ2v) is 6.31. The lowest BCUT2D eigenvalue weighted by atomic mass is 9.95. The normalized spacial score (nSPS) is 20.2. The fourth-order valence-corrected chi connectivity index (χ4v) is 3.26. The summed E-state index contributed by atoms with van der Waals surface area (Å²) < 4.78 is 5.26. The second kappa shape index (κ2) is 7.04. The van der Waals surface area contributed by atoms with Crippen molar-refractivity contribution in [1.29, 1.82) is 5.26 Å². The van der Waals surface area contributed by atoms with Crippen molar-refractivity contribution in [3.8, 4) is 11.8 Å². The number of ether oxygens (including phenoxy) is 1. The number of fused-ring (bicyclic) bond motifs is 1.